The molecule has 2 N–H and O–H groups in total. The molecule has 0 spiro atoms. The number of rotatable bonds is 8. The summed E-state index contributed by atoms with van der Waals surface area (Å²) in [7, 11) is 1.32. The molecule has 1 atom stereocenters. The Morgan fingerprint density at radius 3 is 2.45 bits per heavy atom. The lowest BCUT2D eigenvalue weighted by molar-refractivity contribution is -0.145. The van der Waals surface area contributed by atoms with Gasteiger partial charge in [0.25, 0.3) is 0 Å². The monoisotopic (exact) mass is 439 g/mol. The van der Waals surface area contributed by atoms with Gasteiger partial charge < -0.3 is 15.0 Å². The van der Waals surface area contributed by atoms with Crippen LogP contribution in [0.4, 0.5) is 0 Å². The highest BCUT2D eigenvalue weighted by Gasteiger charge is 2.22. The number of methoxy groups -OCH3 is 1. The third-order valence-electron chi connectivity index (χ3n) is 6.27. The Morgan fingerprint density at radius 1 is 1.00 bits per heavy atom. The van der Waals surface area contributed by atoms with Crippen LogP contribution in [0.3, 0.4) is 0 Å². The number of aromatic amines is 1. The summed E-state index contributed by atoms with van der Waals surface area (Å²) in [5.74, 6) is -0.632. The second-order valence-electron chi connectivity index (χ2n) is 8.36. The van der Waals surface area contributed by atoms with Crippen LogP contribution in [0.25, 0.3) is 32.3 Å². The predicted molar refractivity (Wildman–Crippen MR) is 129 cm³/mol. The molecule has 5 aromatic rings. The van der Waals surface area contributed by atoms with Gasteiger partial charge in [-0.1, -0.05) is 54.6 Å². The van der Waals surface area contributed by atoms with E-state index in [9.17, 15) is 9.59 Å². The van der Waals surface area contributed by atoms with Crippen molar-refractivity contribution in [1.29, 1.82) is 0 Å². The van der Waals surface area contributed by atoms with Crippen molar-refractivity contribution < 1.29 is 14.3 Å². The number of H-pyrrole nitrogens is 1. The summed E-state index contributed by atoms with van der Waals surface area (Å²) in [6, 6.07) is 18.7. The number of ether oxygens (including phenoxy) is 1. The lowest BCUT2D eigenvalue weighted by Gasteiger charge is -2.16. The Balaban J connectivity index is 1.29. The van der Waals surface area contributed by atoms with Crippen LogP contribution in [-0.2, 0) is 27.2 Å². The number of nitrogens with zero attached hydrogens (tertiary/aromatic N) is 1. The number of benzene rings is 4. The summed E-state index contributed by atoms with van der Waals surface area (Å²) in [4.78, 5) is 31.6. The fourth-order valence-electron chi connectivity index (χ4n) is 4.67. The Morgan fingerprint density at radius 2 is 1.73 bits per heavy atom. The highest BCUT2D eigenvalue weighted by molar-refractivity contribution is 6.23. The summed E-state index contributed by atoms with van der Waals surface area (Å²) in [6.07, 6.45) is 5.29. The number of hydrogen-bond acceptors (Lipinski definition) is 4. The number of carbonyl (C=O) groups is 2. The predicted octanol–water partition coefficient (Wildman–Crippen LogP) is 4.53. The number of esters is 1. The maximum absolute atomic E-state index is 12.6. The van der Waals surface area contributed by atoms with E-state index in [0.29, 0.717) is 19.3 Å². The largest absolute Gasteiger partial charge is 0.467 e. The maximum Gasteiger partial charge on any atom is 0.328 e. The summed E-state index contributed by atoms with van der Waals surface area (Å²) in [6.45, 7) is 0. The van der Waals surface area contributed by atoms with E-state index < -0.39 is 12.0 Å². The van der Waals surface area contributed by atoms with E-state index in [-0.39, 0.29) is 5.91 Å². The standard InChI is InChI=1S/C27H25N3O3/c1-33-27(32)23(14-21-15-28-16-29-21)30-24(31)7-3-4-17-8-9-20-11-10-18-5-2-6-19-12-13-22(17)26(20)25(18)19/h2,5-6,8-13,15-16,23H,3-4,7,14H2,1H3,(H,28,29)(H,30,31)/t23-/m0/s1. The number of amides is 1. The summed E-state index contributed by atoms with van der Waals surface area (Å²) < 4.78 is 4.85. The van der Waals surface area contributed by atoms with Crippen LogP contribution >= 0.6 is 0 Å². The number of carbonyl (C=O) groups excluding carboxylic acids is 2. The minimum absolute atomic E-state index is 0.164. The highest BCUT2D eigenvalue weighted by atomic mass is 16.5. The lowest BCUT2D eigenvalue weighted by Crippen LogP contribution is -2.43. The Kier molecular flexibility index (Phi) is 5.65. The average molecular weight is 440 g/mol. The molecule has 6 heteroatoms. The van der Waals surface area contributed by atoms with Crippen molar-refractivity contribution in [3.8, 4) is 0 Å². The van der Waals surface area contributed by atoms with Gasteiger partial charge in [0.1, 0.15) is 6.04 Å². The van der Waals surface area contributed by atoms with Crippen LogP contribution in [0.15, 0.2) is 67.1 Å². The van der Waals surface area contributed by atoms with Crippen molar-refractivity contribution in [1.82, 2.24) is 15.3 Å². The molecule has 0 aliphatic heterocycles. The number of imidazole rings is 1. The van der Waals surface area contributed by atoms with Gasteiger partial charge >= 0.3 is 5.97 Å². The molecule has 6 nitrogen and oxygen atoms in total. The lowest BCUT2D eigenvalue weighted by atomic mass is 9.90. The van der Waals surface area contributed by atoms with Gasteiger partial charge in [-0.3, -0.25) is 4.79 Å². The molecule has 166 valence electrons. The zero-order chi connectivity index (χ0) is 22.8. The molecule has 0 saturated carbocycles. The van der Waals surface area contributed by atoms with Crippen molar-refractivity contribution in [3.05, 3.63) is 78.4 Å². The van der Waals surface area contributed by atoms with Crippen molar-refractivity contribution in [2.24, 2.45) is 0 Å². The van der Waals surface area contributed by atoms with Crippen LogP contribution in [0.2, 0.25) is 0 Å². The zero-order valence-corrected chi connectivity index (χ0v) is 18.4. The molecule has 0 radical (unpaired) electrons. The van der Waals surface area contributed by atoms with E-state index in [2.05, 4.69) is 69.9 Å². The van der Waals surface area contributed by atoms with Gasteiger partial charge in [-0.2, -0.15) is 0 Å². The fraction of sp³-hybridized carbons (Fsp3) is 0.222. The first-order chi connectivity index (χ1) is 16.1. The molecule has 0 aliphatic carbocycles. The molecule has 0 unspecified atom stereocenters. The van der Waals surface area contributed by atoms with Gasteiger partial charge in [-0.05, 0) is 50.7 Å². The van der Waals surface area contributed by atoms with Crippen LogP contribution in [0.5, 0.6) is 0 Å². The second kappa shape index (κ2) is 8.90. The number of nitrogens with one attached hydrogen (secondary N) is 2. The molecule has 5 rings (SSSR count). The van der Waals surface area contributed by atoms with E-state index in [1.807, 2.05) is 0 Å². The van der Waals surface area contributed by atoms with Crippen molar-refractivity contribution in [2.75, 3.05) is 7.11 Å². The zero-order valence-electron chi connectivity index (χ0n) is 18.4. The molecular formula is C27H25N3O3. The first-order valence-corrected chi connectivity index (χ1v) is 11.1. The normalized spacial score (nSPS) is 12.4. The van der Waals surface area contributed by atoms with E-state index in [4.69, 9.17) is 4.74 Å². The number of aryl methyl sites for hydroxylation is 1. The molecular weight excluding hydrogens is 414 g/mol. The molecule has 0 fully saturated rings. The quantitative estimate of drug-likeness (QED) is 0.275. The third-order valence-corrected chi connectivity index (χ3v) is 6.27. The second-order valence-corrected chi connectivity index (χ2v) is 8.36. The molecule has 1 heterocycles. The Labute approximate surface area is 191 Å². The van der Waals surface area contributed by atoms with E-state index in [0.717, 1.165) is 12.1 Å². The summed E-state index contributed by atoms with van der Waals surface area (Å²) in [5, 5.41) is 10.4. The Hall–Kier alpha value is -3.93. The molecule has 4 aromatic carbocycles. The van der Waals surface area contributed by atoms with Crippen molar-refractivity contribution >= 4 is 44.2 Å². The Bertz CT molecular complexity index is 1410. The number of hydrogen-bond donors (Lipinski definition) is 2. The topological polar surface area (TPSA) is 84.1 Å². The van der Waals surface area contributed by atoms with E-state index >= 15 is 0 Å². The van der Waals surface area contributed by atoms with Crippen molar-refractivity contribution in [3.63, 3.8) is 0 Å². The van der Waals surface area contributed by atoms with Gasteiger partial charge in [0, 0.05) is 24.7 Å². The molecule has 1 amide bonds. The van der Waals surface area contributed by atoms with Gasteiger partial charge in [-0.15, -0.1) is 0 Å². The van der Waals surface area contributed by atoms with E-state index in [1.165, 1.54) is 45.0 Å². The van der Waals surface area contributed by atoms with Gasteiger partial charge in [0.05, 0.1) is 13.4 Å². The molecule has 1 aromatic heterocycles. The first kappa shape index (κ1) is 20.9. The average Bonchev–Trinajstić information content (AvgIpc) is 3.35. The molecule has 0 bridgehead atoms. The summed E-state index contributed by atoms with van der Waals surface area (Å²) in [5.41, 5.74) is 2.00. The molecule has 0 aliphatic rings. The van der Waals surface area contributed by atoms with Crippen LogP contribution < -0.4 is 5.32 Å². The maximum atomic E-state index is 12.6. The smallest absolute Gasteiger partial charge is 0.328 e. The molecule has 0 saturated heterocycles. The van der Waals surface area contributed by atoms with Gasteiger partial charge in [0.2, 0.25) is 5.91 Å². The minimum Gasteiger partial charge on any atom is -0.467 e. The van der Waals surface area contributed by atoms with E-state index in [1.54, 1.807) is 12.5 Å². The third kappa shape index (κ3) is 4.12. The van der Waals surface area contributed by atoms with Crippen molar-refractivity contribution in [2.45, 2.75) is 31.7 Å². The molecule has 33 heavy (non-hydrogen) atoms. The number of aromatic nitrogens is 2. The van der Waals surface area contributed by atoms with Crippen LogP contribution in [0, 0.1) is 0 Å². The SMILES string of the molecule is COC(=O)[C@H](Cc1cnc[nH]1)NC(=O)CCCc1ccc2ccc3cccc4ccc1c2c34. The highest BCUT2D eigenvalue weighted by Crippen LogP contribution is 2.36. The van der Waals surface area contributed by atoms with Gasteiger partial charge in [0.15, 0.2) is 0 Å². The van der Waals surface area contributed by atoms with Crippen LogP contribution in [-0.4, -0.2) is 35.0 Å². The first-order valence-electron chi connectivity index (χ1n) is 11.1. The van der Waals surface area contributed by atoms with Gasteiger partial charge in [-0.25, -0.2) is 9.78 Å². The minimum atomic E-state index is -0.738. The fourth-order valence-corrected chi connectivity index (χ4v) is 4.67. The van der Waals surface area contributed by atoms with Crippen LogP contribution in [0.1, 0.15) is 24.1 Å². The summed E-state index contributed by atoms with van der Waals surface area (Å²) >= 11 is 0.